The smallest absolute Gasteiger partial charge is 0.248 e. The Morgan fingerprint density at radius 3 is 2.35 bits per heavy atom. The standard InChI is InChI=1S/C16H27F2NO/c1-3-12(4-2)14-6-5-11-19(14)15(20)13-7-9-16(17,18)10-8-13/h12-14H,3-11H2,1-2H3. The van der Waals surface area contributed by atoms with Gasteiger partial charge in [-0.05, 0) is 31.6 Å². The third-order valence-corrected chi connectivity index (χ3v) is 5.24. The summed E-state index contributed by atoms with van der Waals surface area (Å²) in [6.45, 7) is 5.18. The number of nitrogens with zero attached hydrogens (tertiary/aromatic N) is 1. The van der Waals surface area contributed by atoms with Crippen LogP contribution < -0.4 is 0 Å². The van der Waals surface area contributed by atoms with Crippen molar-refractivity contribution in [2.24, 2.45) is 11.8 Å². The van der Waals surface area contributed by atoms with Gasteiger partial charge in [-0.1, -0.05) is 26.7 Å². The molecule has 0 N–H and O–H groups in total. The Labute approximate surface area is 120 Å². The summed E-state index contributed by atoms with van der Waals surface area (Å²) in [4.78, 5) is 14.7. The molecule has 0 aromatic rings. The Morgan fingerprint density at radius 2 is 1.80 bits per heavy atom. The molecule has 4 heteroatoms. The molecule has 1 aliphatic carbocycles. The maximum Gasteiger partial charge on any atom is 0.248 e. The molecule has 1 amide bonds. The van der Waals surface area contributed by atoms with Crippen molar-refractivity contribution in [1.29, 1.82) is 0 Å². The highest BCUT2D eigenvalue weighted by Crippen LogP contribution is 2.38. The molecule has 0 aromatic carbocycles. The van der Waals surface area contributed by atoms with E-state index in [9.17, 15) is 13.6 Å². The van der Waals surface area contributed by atoms with Gasteiger partial charge in [-0.15, -0.1) is 0 Å². The number of rotatable bonds is 4. The number of halogens is 2. The second-order valence-corrected chi connectivity index (χ2v) is 6.45. The lowest BCUT2D eigenvalue weighted by Crippen LogP contribution is -2.44. The van der Waals surface area contributed by atoms with E-state index in [2.05, 4.69) is 13.8 Å². The molecule has 1 heterocycles. The van der Waals surface area contributed by atoms with Crippen LogP contribution in [-0.4, -0.2) is 29.3 Å². The van der Waals surface area contributed by atoms with Gasteiger partial charge in [-0.25, -0.2) is 8.78 Å². The van der Waals surface area contributed by atoms with E-state index in [1.54, 1.807) is 0 Å². The zero-order valence-electron chi connectivity index (χ0n) is 12.7. The van der Waals surface area contributed by atoms with Crippen LogP contribution in [0.4, 0.5) is 8.78 Å². The molecular formula is C16H27F2NO. The lowest BCUT2D eigenvalue weighted by Gasteiger charge is -2.35. The van der Waals surface area contributed by atoms with E-state index in [1.807, 2.05) is 4.90 Å². The fraction of sp³-hybridized carbons (Fsp3) is 0.938. The Hall–Kier alpha value is -0.670. The van der Waals surface area contributed by atoms with E-state index >= 15 is 0 Å². The summed E-state index contributed by atoms with van der Waals surface area (Å²) in [5.74, 6) is -2.00. The number of hydrogen-bond acceptors (Lipinski definition) is 1. The third-order valence-electron chi connectivity index (χ3n) is 5.24. The molecule has 1 saturated heterocycles. The topological polar surface area (TPSA) is 20.3 Å². The predicted octanol–water partition coefficient (Wildman–Crippen LogP) is 4.24. The maximum atomic E-state index is 13.2. The normalized spacial score (nSPS) is 27.2. The summed E-state index contributed by atoms with van der Waals surface area (Å²) in [6.07, 6.45) is 4.81. The van der Waals surface area contributed by atoms with Gasteiger partial charge in [0.15, 0.2) is 0 Å². The van der Waals surface area contributed by atoms with Gasteiger partial charge in [0.05, 0.1) is 0 Å². The van der Waals surface area contributed by atoms with Crippen molar-refractivity contribution in [3.05, 3.63) is 0 Å². The van der Waals surface area contributed by atoms with Crippen LogP contribution >= 0.6 is 0 Å². The first-order valence-electron chi connectivity index (χ1n) is 8.16. The minimum absolute atomic E-state index is 0.118. The second kappa shape index (κ2) is 6.40. The number of alkyl halides is 2. The van der Waals surface area contributed by atoms with Crippen LogP contribution in [0.3, 0.4) is 0 Å². The maximum absolute atomic E-state index is 13.2. The molecule has 116 valence electrons. The average molecular weight is 287 g/mol. The fourth-order valence-electron chi connectivity index (χ4n) is 3.91. The van der Waals surface area contributed by atoms with Gasteiger partial charge in [-0.2, -0.15) is 0 Å². The highest BCUT2D eigenvalue weighted by Gasteiger charge is 2.41. The zero-order chi connectivity index (χ0) is 14.8. The third kappa shape index (κ3) is 3.32. The molecule has 1 atom stereocenters. The minimum Gasteiger partial charge on any atom is -0.339 e. The van der Waals surface area contributed by atoms with E-state index in [0.29, 0.717) is 24.8 Å². The SMILES string of the molecule is CCC(CC)C1CCCN1C(=O)C1CCC(F)(F)CC1. The summed E-state index contributed by atoms with van der Waals surface area (Å²) in [5.41, 5.74) is 0. The minimum atomic E-state index is -2.55. The van der Waals surface area contributed by atoms with E-state index in [-0.39, 0.29) is 24.7 Å². The van der Waals surface area contributed by atoms with E-state index < -0.39 is 5.92 Å². The zero-order valence-corrected chi connectivity index (χ0v) is 12.7. The molecule has 0 spiro atoms. The van der Waals surface area contributed by atoms with Crippen LogP contribution in [0.2, 0.25) is 0 Å². The van der Waals surface area contributed by atoms with Crippen LogP contribution in [0.25, 0.3) is 0 Å². The quantitative estimate of drug-likeness (QED) is 0.757. The largest absolute Gasteiger partial charge is 0.339 e. The summed E-state index contributed by atoms with van der Waals surface area (Å²) in [5, 5.41) is 0. The molecule has 1 unspecified atom stereocenters. The van der Waals surface area contributed by atoms with Crippen molar-refractivity contribution in [2.45, 2.75) is 77.2 Å². The van der Waals surface area contributed by atoms with Gasteiger partial charge in [-0.3, -0.25) is 4.79 Å². The van der Waals surface area contributed by atoms with E-state index in [0.717, 1.165) is 32.2 Å². The number of hydrogen-bond donors (Lipinski definition) is 0. The highest BCUT2D eigenvalue weighted by molar-refractivity contribution is 5.79. The van der Waals surface area contributed by atoms with Crippen LogP contribution in [0.5, 0.6) is 0 Å². The van der Waals surface area contributed by atoms with Gasteiger partial charge < -0.3 is 4.90 Å². The molecule has 2 rings (SSSR count). The molecule has 1 saturated carbocycles. The number of amides is 1. The summed E-state index contributed by atoms with van der Waals surface area (Å²) < 4.78 is 26.4. The van der Waals surface area contributed by atoms with Gasteiger partial charge >= 0.3 is 0 Å². The van der Waals surface area contributed by atoms with Crippen molar-refractivity contribution < 1.29 is 13.6 Å². The molecule has 20 heavy (non-hydrogen) atoms. The molecule has 0 radical (unpaired) electrons. The summed E-state index contributed by atoms with van der Waals surface area (Å²) in [6, 6.07) is 0.347. The van der Waals surface area contributed by atoms with Crippen molar-refractivity contribution in [3.8, 4) is 0 Å². The molecular weight excluding hydrogens is 260 g/mol. The van der Waals surface area contributed by atoms with Crippen molar-refractivity contribution in [3.63, 3.8) is 0 Å². The predicted molar refractivity (Wildman–Crippen MR) is 75.7 cm³/mol. The van der Waals surface area contributed by atoms with Gasteiger partial charge in [0, 0.05) is 31.3 Å². The molecule has 2 nitrogen and oxygen atoms in total. The average Bonchev–Trinajstić information content (AvgIpc) is 2.89. The first kappa shape index (κ1) is 15.7. The Kier molecular flexibility index (Phi) is 5.03. The van der Waals surface area contributed by atoms with Crippen LogP contribution in [0, 0.1) is 11.8 Å². The first-order valence-corrected chi connectivity index (χ1v) is 8.16. The second-order valence-electron chi connectivity index (χ2n) is 6.45. The molecule has 2 aliphatic rings. The molecule has 0 bridgehead atoms. The fourth-order valence-corrected chi connectivity index (χ4v) is 3.91. The number of likely N-dealkylation sites (tertiary alicyclic amines) is 1. The van der Waals surface area contributed by atoms with Crippen LogP contribution in [0.15, 0.2) is 0 Å². The van der Waals surface area contributed by atoms with Crippen molar-refractivity contribution >= 4 is 5.91 Å². The molecule has 2 fully saturated rings. The van der Waals surface area contributed by atoms with Gasteiger partial charge in [0.25, 0.3) is 0 Å². The van der Waals surface area contributed by atoms with E-state index in [4.69, 9.17) is 0 Å². The van der Waals surface area contributed by atoms with Gasteiger partial charge in [0.1, 0.15) is 0 Å². The Bertz CT molecular complexity index is 331. The van der Waals surface area contributed by atoms with E-state index in [1.165, 1.54) is 0 Å². The number of carbonyl (C=O) groups is 1. The summed E-state index contributed by atoms with van der Waals surface area (Å²) >= 11 is 0. The van der Waals surface area contributed by atoms with Crippen molar-refractivity contribution in [1.82, 2.24) is 4.90 Å². The number of carbonyl (C=O) groups excluding carboxylic acids is 1. The Morgan fingerprint density at radius 1 is 1.20 bits per heavy atom. The highest BCUT2D eigenvalue weighted by atomic mass is 19.3. The van der Waals surface area contributed by atoms with Crippen molar-refractivity contribution in [2.75, 3.05) is 6.54 Å². The van der Waals surface area contributed by atoms with Gasteiger partial charge in [0.2, 0.25) is 11.8 Å². The first-order chi connectivity index (χ1) is 9.48. The molecule has 0 aromatic heterocycles. The summed E-state index contributed by atoms with van der Waals surface area (Å²) in [7, 11) is 0. The van der Waals surface area contributed by atoms with Crippen LogP contribution in [-0.2, 0) is 4.79 Å². The lowest BCUT2D eigenvalue weighted by molar-refractivity contribution is -0.141. The lowest BCUT2D eigenvalue weighted by atomic mass is 9.85. The van der Waals surface area contributed by atoms with Crippen LogP contribution in [0.1, 0.15) is 65.2 Å². The Balaban J connectivity index is 1.98. The molecule has 1 aliphatic heterocycles. The monoisotopic (exact) mass is 287 g/mol.